The fourth-order valence-electron chi connectivity index (χ4n) is 4.58. The Labute approximate surface area is 171 Å². The normalized spacial score (nSPS) is 17.4. The van der Waals surface area contributed by atoms with Gasteiger partial charge in [0.1, 0.15) is 11.4 Å². The van der Waals surface area contributed by atoms with Gasteiger partial charge in [0.25, 0.3) is 5.91 Å². The first kappa shape index (κ1) is 19.8. The molecule has 2 amide bonds. The second-order valence-electron chi connectivity index (χ2n) is 7.78. The number of hydrogen-bond acceptors (Lipinski definition) is 4. The third-order valence-corrected chi connectivity index (χ3v) is 6.03. The summed E-state index contributed by atoms with van der Waals surface area (Å²) in [4.78, 5) is 30.0. The molecule has 0 saturated carbocycles. The Kier molecular flexibility index (Phi) is 5.76. The van der Waals surface area contributed by atoms with E-state index in [-0.39, 0.29) is 11.8 Å². The van der Waals surface area contributed by atoms with Gasteiger partial charge in [0.05, 0.1) is 18.3 Å². The summed E-state index contributed by atoms with van der Waals surface area (Å²) in [5.41, 5.74) is 2.25. The highest BCUT2D eigenvalue weighted by Crippen LogP contribution is 2.38. The molecule has 2 saturated heterocycles. The maximum atomic E-state index is 13.3. The molecule has 29 heavy (non-hydrogen) atoms. The summed E-state index contributed by atoms with van der Waals surface area (Å²) in [6.07, 6.45) is 3.82. The van der Waals surface area contributed by atoms with E-state index in [0.717, 1.165) is 48.4 Å². The first-order valence-corrected chi connectivity index (χ1v) is 10.6. The number of rotatable bonds is 7. The summed E-state index contributed by atoms with van der Waals surface area (Å²) in [6, 6.07) is 5.81. The van der Waals surface area contributed by atoms with Crippen LogP contribution in [-0.2, 0) is 11.3 Å². The third kappa shape index (κ3) is 3.71. The van der Waals surface area contributed by atoms with E-state index in [9.17, 15) is 9.59 Å². The molecule has 2 aliphatic heterocycles. The minimum Gasteiger partial charge on any atom is -0.497 e. The number of aryl methyl sites for hydroxylation is 1. The molecule has 156 valence electrons. The first-order valence-electron chi connectivity index (χ1n) is 10.6. The van der Waals surface area contributed by atoms with Crippen molar-refractivity contribution in [1.29, 1.82) is 0 Å². The van der Waals surface area contributed by atoms with Crippen LogP contribution in [0.15, 0.2) is 18.2 Å². The van der Waals surface area contributed by atoms with Gasteiger partial charge in [-0.05, 0) is 57.5 Å². The summed E-state index contributed by atoms with van der Waals surface area (Å²) >= 11 is 0. The molecule has 2 fully saturated rings. The number of nitrogens with zero attached hydrogens (tertiary/aromatic N) is 3. The SMILES string of the molecule is CCn1c(C(=O)NCCN2CCCC2)c(N2CCCC2=O)c2cc(OC)ccc21. The van der Waals surface area contributed by atoms with Gasteiger partial charge in [-0.25, -0.2) is 0 Å². The van der Waals surface area contributed by atoms with Crippen LogP contribution in [0.5, 0.6) is 5.75 Å². The van der Waals surface area contributed by atoms with Crippen LogP contribution in [0.25, 0.3) is 10.9 Å². The van der Waals surface area contributed by atoms with Gasteiger partial charge in [-0.3, -0.25) is 9.59 Å². The molecule has 4 rings (SSSR count). The van der Waals surface area contributed by atoms with Gasteiger partial charge in [-0.2, -0.15) is 0 Å². The molecule has 0 unspecified atom stereocenters. The largest absolute Gasteiger partial charge is 0.497 e. The second kappa shape index (κ2) is 8.45. The van der Waals surface area contributed by atoms with E-state index in [1.165, 1.54) is 12.8 Å². The molecular weight excluding hydrogens is 368 g/mol. The van der Waals surface area contributed by atoms with Gasteiger partial charge < -0.3 is 24.4 Å². The Morgan fingerprint density at radius 1 is 1.17 bits per heavy atom. The number of amides is 2. The lowest BCUT2D eigenvalue weighted by molar-refractivity contribution is -0.117. The molecular formula is C22H30N4O3. The number of carbonyl (C=O) groups excluding carboxylic acids is 2. The van der Waals surface area contributed by atoms with E-state index >= 15 is 0 Å². The highest BCUT2D eigenvalue weighted by molar-refractivity contribution is 6.14. The van der Waals surface area contributed by atoms with E-state index < -0.39 is 0 Å². The monoisotopic (exact) mass is 398 g/mol. The zero-order valence-electron chi connectivity index (χ0n) is 17.4. The standard InChI is InChI=1S/C22H30N4O3/c1-3-25-18-9-8-16(29-2)15-17(18)20(26-13-6-7-19(26)27)21(25)22(28)23-10-14-24-11-4-5-12-24/h8-9,15H,3-7,10-14H2,1-2H3,(H,23,28). The third-order valence-electron chi connectivity index (χ3n) is 6.03. The fraction of sp³-hybridized carbons (Fsp3) is 0.545. The van der Waals surface area contributed by atoms with Crippen molar-refractivity contribution in [2.45, 2.75) is 39.2 Å². The Morgan fingerprint density at radius 3 is 2.62 bits per heavy atom. The molecule has 1 N–H and O–H groups in total. The van der Waals surface area contributed by atoms with Gasteiger partial charge >= 0.3 is 0 Å². The number of aromatic nitrogens is 1. The van der Waals surface area contributed by atoms with Crippen molar-refractivity contribution >= 4 is 28.4 Å². The highest BCUT2D eigenvalue weighted by atomic mass is 16.5. The summed E-state index contributed by atoms with van der Waals surface area (Å²) in [7, 11) is 1.63. The smallest absolute Gasteiger partial charge is 0.270 e. The van der Waals surface area contributed by atoms with Crippen LogP contribution in [-0.4, -0.2) is 61.1 Å². The van der Waals surface area contributed by atoms with Crippen LogP contribution in [0.2, 0.25) is 0 Å². The van der Waals surface area contributed by atoms with Crippen molar-refractivity contribution in [2.75, 3.05) is 44.7 Å². The molecule has 0 radical (unpaired) electrons. The maximum Gasteiger partial charge on any atom is 0.270 e. The zero-order valence-corrected chi connectivity index (χ0v) is 17.4. The van der Waals surface area contributed by atoms with Crippen LogP contribution in [0, 0.1) is 0 Å². The van der Waals surface area contributed by atoms with Crippen molar-refractivity contribution in [3.63, 3.8) is 0 Å². The molecule has 2 aliphatic rings. The van der Waals surface area contributed by atoms with Gasteiger partial charge in [-0.1, -0.05) is 0 Å². The molecule has 3 heterocycles. The average Bonchev–Trinajstić information content (AvgIpc) is 3.45. The molecule has 1 aromatic heterocycles. The summed E-state index contributed by atoms with van der Waals surface area (Å²) < 4.78 is 7.43. The number of fused-ring (bicyclic) bond motifs is 1. The number of anilines is 1. The van der Waals surface area contributed by atoms with E-state index in [2.05, 4.69) is 10.2 Å². The molecule has 1 aromatic carbocycles. The predicted molar refractivity (Wildman–Crippen MR) is 114 cm³/mol. The average molecular weight is 399 g/mol. The quantitative estimate of drug-likeness (QED) is 0.779. The topological polar surface area (TPSA) is 66.8 Å². The summed E-state index contributed by atoms with van der Waals surface area (Å²) in [5.74, 6) is 0.685. The van der Waals surface area contributed by atoms with Crippen LogP contribution < -0.4 is 15.0 Å². The van der Waals surface area contributed by atoms with Crippen molar-refractivity contribution < 1.29 is 14.3 Å². The number of benzene rings is 1. The van der Waals surface area contributed by atoms with Gasteiger partial charge in [-0.15, -0.1) is 0 Å². The van der Waals surface area contributed by atoms with E-state index in [0.29, 0.717) is 31.7 Å². The Bertz CT molecular complexity index is 914. The number of nitrogens with one attached hydrogen (secondary N) is 1. The number of ether oxygens (including phenoxy) is 1. The molecule has 7 nitrogen and oxygen atoms in total. The lowest BCUT2D eigenvalue weighted by atomic mass is 10.2. The minimum atomic E-state index is -0.115. The number of methoxy groups -OCH3 is 1. The second-order valence-corrected chi connectivity index (χ2v) is 7.78. The minimum absolute atomic E-state index is 0.0779. The van der Waals surface area contributed by atoms with Crippen molar-refractivity contribution in [3.05, 3.63) is 23.9 Å². The molecule has 2 aromatic rings. The van der Waals surface area contributed by atoms with Crippen molar-refractivity contribution in [2.24, 2.45) is 0 Å². The van der Waals surface area contributed by atoms with Gasteiger partial charge in [0.15, 0.2) is 0 Å². The number of carbonyl (C=O) groups is 2. The Hall–Kier alpha value is -2.54. The Balaban J connectivity index is 1.71. The van der Waals surface area contributed by atoms with Gasteiger partial charge in [0.2, 0.25) is 5.91 Å². The highest BCUT2D eigenvalue weighted by Gasteiger charge is 2.32. The van der Waals surface area contributed by atoms with Crippen LogP contribution in [0.3, 0.4) is 0 Å². The van der Waals surface area contributed by atoms with Crippen molar-refractivity contribution in [3.8, 4) is 5.75 Å². The molecule has 0 spiro atoms. The zero-order chi connectivity index (χ0) is 20.4. The van der Waals surface area contributed by atoms with Crippen molar-refractivity contribution in [1.82, 2.24) is 14.8 Å². The molecule has 0 atom stereocenters. The number of hydrogen-bond donors (Lipinski definition) is 1. The molecule has 0 bridgehead atoms. The van der Waals surface area contributed by atoms with E-state index in [1.807, 2.05) is 29.7 Å². The van der Waals surface area contributed by atoms with Crippen LogP contribution in [0.4, 0.5) is 5.69 Å². The van der Waals surface area contributed by atoms with Gasteiger partial charge in [0, 0.05) is 38.0 Å². The lowest BCUT2D eigenvalue weighted by Crippen LogP contribution is -2.35. The number of likely N-dealkylation sites (tertiary alicyclic amines) is 1. The summed E-state index contributed by atoms with van der Waals surface area (Å²) in [6.45, 7) is 7.02. The summed E-state index contributed by atoms with van der Waals surface area (Å²) in [5, 5.41) is 3.99. The first-order chi connectivity index (χ1) is 14.1. The van der Waals surface area contributed by atoms with Crippen LogP contribution in [0.1, 0.15) is 43.1 Å². The molecule has 0 aliphatic carbocycles. The lowest BCUT2D eigenvalue weighted by Gasteiger charge is -2.19. The van der Waals surface area contributed by atoms with Crippen LogP contribution >= 0.6 is 0 Å². The molecule has 7 heteroatoms. The predicted octanol–water partition coefficient (Wildman–Crippen LogP) is 2.62. The Morgan fingerprint density at radius 2 is 1.97 bits per heavy atom. The van der Waals surface area contributed by atoms with E-state index in [1.54, 1.807) is 12.0 Å². The fourth-order valence-corrected chi connectivity index (χ4v) is 4.58. The maximum absolute atomic E-state index is 13.3. The van der Waals surface area contributed by atoms with E-state index in [4.69, 9.17) is 4.74 Å².